The van der Waals surface area contributed by atoms with E-state index in [1.165, 1.54) is 12.1 Å². The molecule has 0 fully saturated rings. The van der Waals surface area contributed by atoms with Crippen molar-refractivity contribution in [3.8, 4) is 5.75 Å². The number of allylic oxidation sites excluding steroid dienone is 1. The van der Waals surface area contributed by atoms with E-state index in [1.54, 1.807) is 42.5 Å². The second-order valence-electron chi connectivity index (χ2n) is 5.19. The Morgan fingerprint density at radius 3 is 2.35 bits per heavy atom. The number of hydrogen-bond donors (Lipinski definition) is 0. The highest BCUT2D eigenvalue weighted by Gasteiger charge is 2.18. The van der Waals surface area contributed by atoms with Gasteiger partial charge >= 0.3 is 0 Å². The number of carbonyl (C=O) groups is 1. The number of ether oxygens (including phenoxy) is 1. The van der Waals surface area contributed by atoms with Gasteiger partial charge in [0.05, 0.1) is 12.1 Å². The number of methoxy groups -OCH3 is 1. The highest BCUT2D eigenvalue weighted by Crippen LogP contribution is 2.26. The molecule has 120 valence electrons. The van der Waals surface area contributed by atoms with Crippen LogP contribution in [0.2, 0.25) is 5.02 Å². The SMILES string of the molecule is COc1ccc(C(=CN(C)C)C(=O)c2ccc(F)cc2Cl)cc1. The third kappa shape index (κ3) is 4.11. The number of benzene rings is 2. The molecule has 3 nitrogen and oxygen atoms in total. The zero-order valence-electron chi connectivity index (χ0n) is 13.1. The molecule has 0 bridgehead atoms. The summed E-state index contributed by atoms with van der Waals surface area (Å²) in [5.41, 5.74) is 1.45. The molecule has 0 radical (unpaired) electrons. The molecule has 0 aliphatic rings. The number of halogens is 2. The summed E-state index contributed by atoms with van der Waals surface area (Å²) in [6, 6.07) is 10.9. The van der Waals surface area contributed by atoms with E-state index in [-0.39, 0.29) is 16.4 Å². The minimum Gasteiger partial charge on any atom is -0.497 e. The van der Waals surface area contributed by atoms with Crippen molar-refractivity contribution in [2.75, 3.05) is 21.2 Å². The van der Waals surface area contributed by atoms with Gasteiger partial charge in [0.15, 0.2) is 5.78 Å². The minimum absolute atomic E-state index is 0.0909. The second kappa shape index (κ2) is 7.29. The summed E-state index contributed by atoms with van der Waals surface area (Å²) in [5, 5.41) is 0.0909. The number of nitrogens with zero attached hydrogens (tertiary/aromatic N) is 1. The third-order valence-electron chi connectivity index (χ3n) is 3.21. The van der Waals surface area contributed by atoms with Crippen LogP contribution in [0.1, 0.15) is 15.9 Å². The maximum Gasteiger partial charge on any atom is 0.196 e. The molecule has 2 rings (SSSR count). The Kier molecular flexibility index (Phi) is 5.40. The first-order valence-electron chi connectivity index (χ1n) is 6.95. The van der Waals surface area contributed by atoms with E-state index < -0.39 is 5.82 Å². The van der Waals surface area contributed by atoms with Crippen LogP contribution in [0.4, 0.5) is 4.39 Å². The summed E-state index contributed by atoms with van der Waals surface area (Å²) >= 11 is 6.02. The van der Waals surface area contributed by atoms with E-state index in [0.29, 0.717) is 11.3 Å². The first-order valence-corrected chi connectivity index (χ1v) is 7.32. The molecular formula is C18H17ClFNO2. The predicted molar refractivity (Wildman–Crippen MR) is 90.4 cm³/mol. The Bertz CT molecular complexity index is 739. The summed E-state index contributed by atoms with van der Waals surface area (Å²) in [5.74, 6) is -0.0479. The van der Waals surface area contributed by atoms with E-state index in [9.17, 15) is 9.18 Å². The Morgan fingerprint density at radius 1 is 1.17 bits per heavy atom. The molecule has 0 saturated carbocycles. The summed E-state index contributed by atoms with van der Waals surface area (Å²) < 4.78 is 18.3. The van der Waals surface area contributed by atoms with Gasteiger partial charge in [-0.3, -0.25) is 4.79 Å². The zero-order valence-corrected chi connectivity index (χ0v) is 13.9. The van der Waals surface area contributed by atoms with E-state index in [2.05, 4.69) is 0 Å². The van der Waals surface area contributed by atoms with E-state index in [4.69, 9.17) is 16.3 Å². The summed E-state index contributed by atoms with van der Waals surface area (Å²) in [6.45, 7) is 0. The largest absolute Gasteiger partial charge is 0.497 e. The van der Waals surface area contributed by atoms with Crippen molar-refractivity contribution in [2.24, 2.45) is 0 Å². The van der Waals surface area contributed by atoms with Gasteiger partial charge in [-0.2, -0.15) is 0 Å². The molecule has 0 aliphatic heterocycles. The predicted octanol–water partition coefficient (Wildman–Crippen LogP) is 4.27. The molecule has 0 heterocycles. The molecule has 0 aromatic heterocycles. The van der Waals surface area contributed by atoms with Crippen LogP contribution in [0.5, 0.6) is 5.75 Å². The van der Waals surface area contributed by atoms with Crippen LogP contribution in [0, 0.1) is 5.82 Å². The molecule has 0 saturated heterocycles. The zero-order chi connectivity index (χ0) is 17.0. The Morgan fingerprint density at radius 2 is 1.83 bits per heavy atom. The average Bonchev–Trinajstić information content (AvgIpc) is 2.52. The van der Waals surface area contributed by atoms with Crippen molar-refractivity contribution in [3.63, 3.8) is 0 Å². The van der Waals surface area contributed by atoms with Crippen LogP contribution >= 0.6 is 11.6 Å². The second-order valence-corrected chi connectivity index (χ2v) is 5.60. The van der Waals surface area contributed by atoms with Gasteiger partial charge in [-0.25, -0.2) is 4.39 Å². The third-order valence-corrected chi connectivity index (χ3v) is 3.52. The van der Waals surface area contributed by atoms with Gasteiger partial charge < -0.3 is 9.64 Å². The molecule has 2 aromatic rings. The van der Waals surface area contributed by atoms with Crippen LogP contribution in [0.3, 0.4) is 0 Å². The highest BCUT2D eigenvalue weighted by molar-refractivity contribution is 6.39. The molecule has 0 amide bonds. The molecular weight excluding hydrogens is 317 g/mol. The number of ketones is 1. The van der Waals surface area contributed by atoms with Gasteiger partial charge in [-0.1, -0.05) is 23.7 Å². The lowest BCUT2D eigenvalue weighted by atomic mass is 9.97. The van der Waals surface area contributed by atoms with Crippen molar-refractivity contribution in [1.82, 2.24) is 4.90 Å². The van der Waals surface area contributed by atoms with Gasteiger partial charge in [-0.05, 0) is 35.9 Å². The summed E-state index contributed by atoms with van der Waals surface area (Å²) in [4.78, 5) is 14.6. The van der Waals surface area contributed by atoms with Crippen LogP contribution < -0.4 is 4.74 Å². The van der Waals surface area contributed by atoms with Gasteiger partial charge in [-0.15, -0.1) is 0 Å². The van der Waals surface area contributed by atoms with Crippen LogP contribution in [-0.4, -0.2) is 31.9 Å². The van der Waals surface area contributed by atoms with Crippen molar-refractivity contribution >= 4 is 23.0 Å². The number of hydrogen-bond acceptors (Lipinski definition) is 3. The maximum absolute atomic E-state index is 13.2. The lowest BCUT2D eigenvalue weighted by molar-refractivity contribution is 0.105. The smallest absolute Gasteiger partial charge is 0.196 e. The topological polar surface area (TPSA) is 29.5 Å². The minimum atomic E-state index is -0.478. The fraction of sp³-hybridized carbons (Fsp3) is 0.167. The summed E-state index contributed by atoms with van der Waals surface area (Å²) in [7, 11) is 5.22. The van der Waals surface area contributed by atoms with Crippen molar-refractivity contribution < 1.29 is 13.9 Å². The highest BCUT2D eigenvalue weighted by atomic mass is 35.5. The van der Waals surface area contributed by atoms with Gasteiger partial charge in [0.25, 0.3) is 0 Å². The molecule has 0 spiro atoms. The van der Waals surface area contributed by atoms with Crippen LogP contribution in [0.25, 0.3) is 5.57 Å². The quantitative estimate of drug-likeness (QED) is 0.604. The van der Waals surface area contributed by atoms with E-state index >= 15 is 0 Å². The van der Waals surface area contributed by atoms with Gasteiger partial charge in [0.2, 0.25) is 0 Å². The normalized spacial score (nSPS) is 11.3. The molecule has 0 aliphatic carbocycles. The van der Waals surface area contributed by atoms with Crippen LogP contribution in [0.15, 0.2) is 48.7 Å². The molecule has 5 heteroatoms. The molecule has 0 unspecified atom stereocenters. The van der Waals surface area contributed by atoms with Crippen LogP contribution in [-0.2, 0) is 0 Å². The first-order chi connectivity index (χ1) is 10.9. The summed E-state index contributed by atoms with van der Waals surface area (Å²) in [6.07, 6.45) is 1.71. The molecule has 0 N–H and O–H groups in total. The number of Topliss-reactive ketones (excluding diaryl/α,β-unsaturated/α-hetero) is 1. The molecule has 2 aromatic carbocycles. The first kappa shape index (κ1) is 17.0. The fourth-order valence-corrected chi connectivity index (χ4v) is 2.36. The van der Waals surface area contributed by atoms with Crippen molar-refractivity contribution in [1.29, 1.82) is 0 Å². The monoisotopic (exact) mass is 333 g/mol. The lowest BCUT2D eigenvalue weighted by Gasteiger charge is -2.13. The maximum atomic E-state index is 13.2. The number of carbonyl (C=O) groups excluding carboxylic acids is 1. The molecule has 23 heavy (non-hydrogen) atoms. The van der Waals surface area contributed by atoms with Gasteiger partial charge in [0.1, 0.15) is 11.6 Å². The Hall–Kier alpha value is -2.33. The fourth-order valence-electron chi connectivity index (χ4n) is 2.11. The Balaban J connectivity index is 2.47. The van der Waals surface area contributed by atoms with E-state index in [0.717, 1.165) is 11.6 Å². The molecule has 0 atom stereocenters. The standard InChI is InChI=1S/C18H17ClFNO2/c1-21(2)11-16(12-4-7-14(23-3)8-5-12)18(22)15-9-6-13(20)10-17(15)19/h4-11H,1-3H3. The van der Waals surface area contributed by atoms with Crippen molar-refractivity contribution in [3.05, 3.63) is 70.6 Å². The Labute approximate surface area is 139 Å². The van der Waals surface area contributed by atoms with Crippen molar-refractivity contribution in [2.45, 2.75) is 0 Å². The van der Waals surface area contributed by atoms with Gasteiger partial charge in [0, 0.05) is 31.4 Å². The lowest BCUT2D eigenvalue weighted by Crippen LogP contribution is -2.10. The number of rotatable bonds is 5. The average molecular weight is 334 g/mol. The van der Waals surface area contributed by atoms with E-state index in [1.807, 2.05) is 14.1 Å².